The maximum Gasteiger partial charge on any atom is 0.516 e. The second-order valence-corrected chi connectivity index (χ2v) is 6.09. The van der Waals surface area contributed by atoms with Crippen molar-refractivity contribution in [2.45, 2.75) is 12.1 Å². The summed E-state index contributed by atoms with van der Waals surface area (Å²) in [7, 11) is -5.47. The van der Waals surface area contributed by atoms with Crippen LogP contribution in [0.4, 0.5) is 18.3 Å². The van der Waals surface area contributed by atoms with Gasteiger partial charge in [-0.1, -0.05) is 0 Å². The molecule has 20 heavy (non-hydrogen) atoms. The number of nitrogens with two attached hydrogens (primary N) is 1. The molecule has 2 aromatic heterocycles. The van der Waals surface area contributed by atoms with Crippen LogP contribution in [0.3, 0.4) is 0 Å². The Morgan fingerprint density at radius 1 is 1.40 bits per heavy atom. The standard InChI is InChI=1S/C9H8F3N3O3S2/c10-9(11,12)20(16,17)15-8-14-6(4-19-8)7-2-1-5(3-13)18-7/h1-2,4H,3,13H2,(H,14,15). The van der Waals surface area contributed by atoms with E-state index in [0.717, 1.165) is 0 Å². The molecule has 2 aromatic rings. The number of hydrogen-bond donors (Lipinski definition) is 2. The largest absolute Gasteiger partial charge is 0.516 e. The zero-order valence-corrected chi connectivity index (χ0v) is 11.3. The number of nitrogens with one attached hydrogen (secondary N) is 1. The summed E-state index contributed by atoms with van der Waals surface area (Å²) in [5.41, 5.74) is 0.174. The highest BCUT2D eigenvalue weighted by Crippen LogP contribution is 2.30. The van der Waals surface area contributed by atoms with Gasteiger partial charge in [0.15, 0.2) is 10.9 Å². The monoisotopic (exact) mass is 327 g/mol. The topological polar surface area (TPSA) is 98.2 Å². The lowest BCUT2D eigenvalue weighted by molar-refractivity contribution is -0.0429. The Labute approximate surface area is 115 Å². The second-order valence-electron chi connectivity index (χ2n) is 3.56. The van der Waals surface area contributed by atoms with Gasteiger partial charge in [-0.2, -0.15) is 21.6 Å². The summed E-state index contributed by atoms with van der Waals surface area (Å²) in [6.45, 7) is 0.164. The lowest BCUT2D eigenvalue weighted by atomic mass is 10.3. The van der Waals surface area contributed by atoms with Gasteiger partial charge in [0.05, 0.1) is 6.54 Å². The van der Waals surface area contributed by atoms with Crippen LogP contribution in [0.2, 0.25) is 0 Å². The smallest absolute Gasteiger partial charge is 0.458 e. The summed E-state index contributed by atoms with van der Waals surface area (Å²) in [4.78, 5) is 3.72. The van der Waals surface area contributed by atoms with Crippen LogP contribution in [0, 0.1) is 0 Å². The summed E-state index contributed by atoms with van der Waals surface area (Å²) >= 11 is 0.712. The van der Waals surface area contributed by atoms with Crippen LogP contribution in [-0.4, -0.2) is 18.9 Å². The highest BCUT2D eigenvalue weighted by atomic mass is 32.2. The van der Waals surface area contributed by atoms with E-state index in [1.807, 2.05) is 0 Å². The molecule has 11 heteroatoms. The van der Waals surface area contributed by atoms with E-state index in [-0.39, 0.29) is 12.2 Å². The normalized spacial score (nSPS) is 12.6. The molecule has 2 heterocycles. The molecule has 0 atom stereocenters. The van der Waals surface area contributed by atoms with E-state index >= 15 is 0 Å². The Morgan fingerprint density at radius 3 is 2.65 bits per heavy atom. The predicted octanol–water partition coefficient (Wildman–Crippen LogP) is 2.12. The van der Waals surface area contributed by atoms with Crippen molar-refractivity contribution in [1.29, 1.82) is 0 Å². The van der Waals surface area contributed by atoms with Gasteiger partial charge in [0.1, 0.15) is 11.5 Å². The van der Waals surface area contributed by atoms with Crippen molar-refractivity contribution in [2.24, 2.45) is 5.73 Å². The van der Waals surface area contributed by atoms with Crippen LogP contribution < -0.4 is 10.5 Å². The van der Waals surface area contributed by atoms with Crippen LogP contribution in [0.1, 0.15) is 5.76 Å². The molecule has 0 fully saturated rings. The lowest BCUT2D eigenvalue weighted by Crippen LogP contribution is -2.29. The molecule has 0 aliphatic heterocycles. The van der Waals surface area contributed by atoms with Gasteiger partial charge < -0.3 is 10.2 Å². The third kappa shape index (κ3) is 2.94. The van der Waals surface area contributed by atoms with E-state index < -0.39 is 20.7 Å². The fraction of sp³-hybridized carbons (Fsp3) is 0.222. The average Bonchev–Trinajstić information content (AvgIpc) is 2.94. The maximum atomic E-state index is 12.2. The Hall–Kier alpha value is -1.59. The Bertz CT molecular complexity index is 705. The van der Waals surface area contributed by atoms with Crippen molar-refractivity contribution in [1.82, 2.24) is 4.98 Å². The molecule has 0 spiro atoms. The van der Waals surface area contributed by atoms with Gasteiger partial charge >= 0.3 is 15.5 Å². The Balaban J connectivity index is 2.22. The van der Waals surface area contributed by atoms with Crippen molar-refractivity contribution in [3.05, 3.63) is 23.3 Å². The minimum absolute atomic E-state index is 0.164. The second kappa shape index (κ2) is 5.07. The average molecular weight is 327 g/mol. The Kier molecular flexibility index (Phi) is 3.75. The van der Waals surface area contributed by atoms with Crippen molar-refractivity contribution in [3.8, 4) is 11.5 Å². The molecule has 0 aliphatic rings. The van der Waals surface area contributed by atoms with Crippen molar-refractivity contribution in [2.75, 3.05) is 4.72 Å². The number of alkyl halides is 3. The first-order chi connectivity index (χ1) is 9.23. The van der Waals surface area contributed by atoms with Gasteiger partial charge in [-0.25, -0.2) is 4.98 Å². The molecule has 0 aliphatic carbocycles. The third-order valence-corrected chi connectivity index (χ3v) is 4.10. The van der Waals surface area contributed by atoms with Crippen LogP contribution in [0.15, 0.2) is 21.9 Å². The Morgan fingerprint density at radius 2 is 2.10 bits per heavy atom. The molecule has 3 N–H and O–H groups in total. The van der Waals surface area contributed by atoms with Gasteiger partial charge in [-0.05, 0) is 12.1 Å². The van der Waals surface area contributed by atoms with E-state index in [4.69, 9.17) is 10.2 Å². The van der Waals surface area contributed by atoms with Gasteiger partial charge in [0.2, 0.25) is 0 Å². The van der Waals surface area contributed by atoms with E-state index in [1.165, 1.54) is 10.1 Å². The van der Waals surface area contributed by atoms with Crippen LogP contribution >= 0.6 is 11.3 Å². The molecule has 6 nitrogen and oxygen atoms in total. The third-order valence-electron chi connectivity index (χ3n) is 2.15. The molecule has 0 unspecified atom stereocenters. The number of nitrogens with zero attached hydrogens (tertiary/aromatic N) is 1. The molecular formula is C9H8F3N3O3S2. The number of anilines is 1. The molecule has 2 rings (SSSR count). The zero-order valence-electron chi connectivity index (χ0n) is 9.64. The number of halogens is 3. The number of thiazole rings is 1. The molecule has 0 bridgehead atoms. The highest BCUT2D eigenvalue weighted by Gasteiger charge is 2.46. The maximum absolute atomic E-state index is 12.2. The predicted molar refractivity (Wildman–Crippen MR) is 66.3 cm³/mol. The lowest BCUT2D eigenvalue weighted by Gasteiger charge is -2.07. The minimum atomic E-state index is -5.47. The van der Waals surface area contributed by atoms with E-state index in [9.17, 15) is 21.6 Å². The molecule has 0 saturated carbocycles. The van der Waals surface area contributed by atoms with Crippen molar-refractivity contribution >= 4 is 26.5 Å². The van der Waals surface area contributed by atoms with Crippen LogP contribution in [0.5, 0.6) is 0 Å². The summed E-state index contributed by atoms with van der Waals surface area (Å²) in [6, 6.07) is 3.13. The minimum Gasteiger partial charge on any atom is -0.458 e. The van der Waals surface area contributed by atoms with Gasteiger partial charge in [0.25, 0.3) is 0 Å². The molecule has 0 amide bonds. The number of hydrogen-bond acceptors (Lipinski definition) is 6. The summed E-state index contributed by atoms with van der Waals surface area (Å²) in [6.07, 6.45) is 0. The molecular weight excluding hydrogens is 319 g/mol. The first-order valence-corrected chi connectivity index (χ1v) is 7.43. The van der Waals surface area contributed by atoms with E-state index in [2.05, 4.69) is 4.98 Å². The number of rotatable bonds is 4. The van der Waals surface area contributed by atoms with Crippen LogP contribution in [-0.2, 0) is 16.6 Å². The first-order valence-electron chi connectivity index (χ1n) is 5.06. The highest BCUT2D eigenvalue weighted by molar-refractivity contribution is 7.93. The summed E-state index contributed by atoms with van der Waals surface area (Å²) in [5.74, 6) is 0.768. The molecule has 0 radical (unpaired) electrons. The first kappa shape index (κ1) is 14.8. The molecule has 110 valence electrons. The zero-order chi connectivity index (χ0) is 15.0. The van der Waals surface area contributed by atoms with Gasteiger partial charge in [-0.3, -0.25) is 4.72 Å². The van der Waals surface area contributed by atoms with Gasteiger partial charge in [-0.15, -0.1) is 11.3 Å². The van der Waals surface area contributed by atoms with Crippen molar-refractivity contribution in [3.63, 3.8) is 0 Å². The van der Waals surface area contributed by atoms with Crippen molar-refractivity contribution < 1.29 is 26.0 Å². The number of sulfonamides is 1. The summed E-state index contributed by atoms with van der Waals surface area (Å²) < 4.78 is 65.0. The fourth-order valence-electron chi connectivity index (χ4n) is 1.23. The summed E-state index contributed by atoms with van der Waals surface area (Å²) in [5, 5.41) is 0.968. The molecule has 0 aromatic carbocycles. The van der Waals surface area contributed by atoms with E-state index in [1.54, 1.807) is 12.1 Å². The fourth-order valence-corrected chi connectivity index (χ4v) is 2.69. The molecule has 0 saturated heterocycles. The SMILES string of the molecule is NCc1ccc(-c2csc(NS(=O)(=O)C(F)(F)F)n2)o1. The van der Waals surface area contributed by atoms with Gasteiger partial charge in [0, 0.05) is 5.38 Å². The van der Waals surface area contributed by atoms with Crippen LogP contribution in [0.25, 0.3) is 11.5 Å². The number of furan rings is 1. The quantitative estimate of drug-likeness (QED) is 0.896. The van der Waals surface area contributed by atoms with E-state index in [0.29, 0.717) is 22.9 Å². The number of aromatic nitrogens is 1.